The number of halogens is 1. The Bertz CT molecular complexity index is 441. The first kappa shape index (κ1) is 15.1. The van der Waals surface area contributed by atoms with Crippen LogP contribution in [-0.4, -0.2) is 48.4 Å². The summed E-state index contributed by atoms with van der Waals surface area (Å²) >= 11 is 0. The number of aryl methyl sites for hydroxylation is 1. The van der Waals surface area contributed by atoms with E-state index in [2.05, 4.69) is 29.1 Å². The van der Waals surface area contributed by atoms with Gasteiger partial charge in [0.05, 0.1) is 24.9 Å². The Morgan fingerprint density at radius 3 is 3.00 bits per heavy atom. The van der Waals surface area contributed by atoms with E-state index in [0.29, 0.717) is 43.7 Å². The van der Waals surface area contributed by atoms with Gasteiger partial charge in [-0.25, -0.2) is 14.4 Å². The molecule has 0 aliphatic carbocycles. The summed E-state index contributed by atoms with van der Waals surface area (Å²) in [7, 11) is 0. The molecular formula is C14H23FN4O. The molecule has 1 N–H and O–H groups in total. The van der Waals surface area contributed by atoms with E-state index in [4.69, 9.17) is 4.74 Å². The molecule has 2 heterocycles. The van der Waals surface area contributed by atoms with Gasteiger partial charge in [-0.3, -0.25) is 0 Å². The van der Waals surface area contributed by atoms with Gasteiger partial charge in [0.15, 0.2) is 11.6 Å². The summed E-state index contributed by atoms with van der Waals surface area (Å²) in [5.41, 5.74) is 0.470. The Morgan fingerprint density at radius 2 is 2.30 bits per heavy atom. The normalized spacial score (nSPS) is 19.6. The number of hydrogen-bond acceptors (Lipinski definition) is 5. The highest BCUT2D eigenvalue weighted by Gasteiger charge is 2.27. The van der Waals surface area contributed by atoms with Crippen molar-refractivity contribution in [3.05, 3.63) is 17.8 Å². The van der Waals surface area contributed by atoms with Crippen LogP contribution in [-0.2, 0) is 11.2 Å². The molecule has 0 spiro atoms. The molecule has 1 aromatic heterocycles. The van der Waals surface area contributed by atoms with Gasteiger partial charge in [-0.2, -0.15) is 0 Å². The minimum Gasteiger partial charge on any atom is -0.377 e. The molecule has 2 rings (SSSR count). The van der Waals surface area contributed by atoms with Crippen molar-refractivity contribution in [2.45, 2.75) is 39.3 Å². The minimum absolute atomic E-state index is 0.0975. The molecule has 1 atom stereocenters. The highest BCUT2D eigenvalue weighted by atomic mass is 19.1. The van der Waals surface area contributed by atoms with Crippen LogP contribution >= 0.6 is 0 Å². The summed E-state index contributed by atoms with van der Waals surface area (Å²) in [4.78, 5) is 10.1. The van der Waals surface area contributed by atoms with E-state index in [1.165, 1.54) is 6.33 Å². The monoisotopic (exact) mass is 282 g/mol. The number of morpholine rings is 1. The molecule has 5 nitrogen and oxygen atoms in total. The zero-order chi connectivity index (χ0) is 14.5. The fraction of sp³-hybridized carbons (Fsp3) is 0.714. The van der Waals surface area contributed by atoms with Crippen LogP contribution in [0.1, 0.15) is 26.5 Å². The molecule has 1 unspecified atom stereocenters. The maximum atomic E-state index is 14.4. The Kier molecular flexibility index (Phi) is 5.25. The molecule has 0 radical (unpaired) electrons. The maximum absolute atomic E-state index is 14.4. The predicted molar refractivity (Wildman–Crippen MR) is 76.5 cm³/mol. The number of ether oxygens (including phenoxy) is 1. The summed E-state index contributed by atoms with van der Waals surface area (Å²) in [5, 5.41) is 3.38. The van der Waals surface area contributed by atoms with Crippen LogP contribution in [0.3, 0.4) is 0 Å². The first-order valence-corrected chi connectivity index (χ1v) is 7.20. The summed E-state index contributed by atoms with van der Waals surface area (Å²) in [6, 6.07) is 0.487. The second-order valence-corrected chi connectivity index (χ2v) is 5.30. The molecule has 6 heteroatoms. The third-order valence-corrected chi connectivity index (χ3v) is 3.44. The van der Waals surface area contributed by atoms with Crippen LogP contribution in [0.4, 0.5) is 10.2 Å². The van der Waals surface area contributed by atoms with Gasteiger partial charge in [0.25, 0.3) is 0 Å². The summed E-state index contributed by atoms with van der Waals surface area (Å²) < 4.78 is 19.9. The Hall–Kier alpha value is -1.27. The molecule has 0 aromatic carbocycles. The van der Waals surface area contributed by atoms with Crippen LogP contribution in [0.25, 0.3) is 0 Å². The van der Waals surface area contributed by atoms with Crippen LogP contribution in [0.5, 0.6) is 0 Å². The number of nitrogens with one attached hydrogen (secondary N) is 1. The second kappa shape index (κ2) is 6.95. The fourth-order valence-electron chi connectivity index (χ4n) is 2.32. The van der Waals surface area contributed by atoms with Crippen LogP contribution in [0.2, 0.25) is 0 Å². The highest BCUT2D eigenvalue weighted by molar-refractivity contribution is 5.43. The highest BCUT2D eigenvalue weighted by Crippen LogP contribution is 2.22. The minimum atomic E-state index is -0.300. The lowest BCUT2D eigenvalue weighted by molar-refractivity contribution is 0.0923. The maximum Gasteiger partial charge on any atom is 0.187 e. The number of aromatic nitrogens is 2. The molecule has 1 aliphatic rings. The van der Waals surface area contributed by atoms with Crippen molar-refractivity contribution in [1.29, 1.82) is 0 Å². The van der Waals surface area contributed by atoms with Crippen molar-refractivity contribution in [3.8, 4) is 0 Å². The van der Waals surface area contributed by atoms with Crippen LogP contribution in [0.15, 0.2) is 6.33 Å². The second-order valence-electron chi connectivity index (χ2n) is 5.30. The van der Waals surface area contributed by atoms with E-state index >= 15 is 0 Å². The molecule has 0 saturated carbocycles. The van der Waals surface area contributed by atoms with Crippen molar-refractivity contribution in [2.75, 3.05) is 31.2 Å². The lowest BCUT2D eigenvalue weighted by atomic mass is 10.2. The molecule has 1 saturated heterocycles. The smallest absolute Gasteiger partial charge is 0.187 e. The molecule has 20 heavy (non-hydrogen) atoms. The van der Waals surface area contributed by atoms with Gasteiger partial charge >= 0.3 is 0 Å². The molecular weight excluding hydrogens is 259 g/mol. The van der Waals surface area contributed by atoms with E-state index in [1.54, 1.807) is 0 Å². The average Bonchev–Trinajstić information content (AvgIpc) is 2.46. The lowest BCUT2D eigenvalue weighted by Gasteiger charge is -2.37. The van der Waals surface area contributed by atoms with Crippen molar-refractivity contribution in [1.82, 2.24) is 15.3 Å². The topological polar surface area (TPSA) is 50.3 Å². The van der Waals surface area contributed by atoms with E-state index in [1.807, 2.05) is 11.8 Å². The molecule has 1 aliphatic heterocycles. The van der Waals surface area contributed by atoms with Crippen molar-refractivity contribution >= 4 is 5.82 Å². The molecule has 112 valence electrons. The van der Waals surface area contributed by atoms with E-state index in [0.717, 1.165) is 6.54 Å². The first-order valence-electron chi connectivity index (χ1n) is 7.20. The van der Waals surface area contributed by atoms with Crippen LogP contribution < -0.4 is 10.2 Å². The Balaban J connectivity index is 2.19. The SMILES string of the molecule is CCc1ncnc(N2CCOCC2CNC(C)C)c1F. The van der Waals surface area contributed by atoms with Crippen molar-refractivity contribution < 1.29 is 9.13 Å². The van der Waals surface area contributed by atoms with Gasteiger partial charge in [0, 0.05) is 19.1 Å². The molecule has 0 bridgehead atoms. The summed E-state index contributed by atoms with van der Waals surface area (Å²) in [5.74, 6) is 0.0992. The van der Waals surface area contributed by atoms with Gasteiger partial charge in [-0.15, -0.1) is 0 Å². The third-order valence-electron chi connectivity index (χ3n) is 3.44. The predicted octanol–water partition coefficient (Wildman–Crippen LogP) is 1.38. The van der Waals surface area contributed by atoms with Crippen molar-refractivity contribution in [3.63, 3.8) is 0 Å². The van der Waals surface area contributed by atoms with E-state index in [9.17, 15) is 4.39 Å². The zero-order valence-electron chi connectivity index (χ0n) is 12.4. The quantitative estimate of drug-likeness (QED) is 0.884. The number of rotatable bonds is 5. The third kappa shape index (κ3) is 3.43. The van der Waals surface area contributed by atoms with Gasteiger partial charge in [0.1, 0.15) is 6.33 Å². The summed E-state index contributed by atoms with van der Waals surface area (Å²) in [6.07, 6.45) is 2.01. The average molecular weight is 282 g/mol. The standard InChI is InChI=1S/C14H23FN4O/c1-4-12-13(15)14(18-9-17-12)19-5-6-20-8-11(19)7-16-10(2)3/h9-11,16H,4-8H2,1-3H3. The summed E-state index contributed by atoms with van der Waals surface area (Å²) in [6.45, 7) is 8.67. The van der Waals surface area contributed by atoms with E-state index in [-0.39, 0.29) is 11.9 Å². The largest absolute Gasteiger partial charge is 0.377 e. The van der Waals surface area contributed by atoms with Gasteiger partial charge in [0.2, 0.25) is 0 Å². The van der Waals surface area contributed by atoms with Crippen molar-refractivity contribution in [2.24, 2.45) is 0 Å². The van der Waals surface area contributed by atoms with Crippen LogP contribution in [0, 0.1) is 5.82 Å². The van der Waals surface area contributed by atoms with Gasteiger partial charge in [-0.05, 0) is 6.42 Å². The van der Waals surface area contributed by atoms with E-state index < -0.39 is 0 Å². The zero-order valence-corrected chi connectivity index (χ0v) is 12.4. The fourth-order valence-corrected chi connectivity index (χ4v) is 2.32. The molecule has 1 aromatic rings. The number of anilines is 1. The Labute approximate surface area is 119 Å². The van der Waals surface area contributed by atoms with Gasteiger partial charge < -0.3 is 15.0 Å². The molecule has 0 amide bonds. The van der Waals surface area contributed by atoms with Gasteiger partial charge in [-0.1, -0.05) is 20.8 Å². The molecule has 1 fully saturated rings. The number of hydrogen-bond donors (Lipinski definition) is 1. The lowest BCUT2D eigenvalue weighted by Crippen LogP contribution is -2.52. The Morgan fingerprint density at radius 1 is 1.50 bits per heavy atom. The first-order chi connectivity index (χ1) is 9.63. The number of nitrogens with zero attached hydrogens (tertiary/aromatic N) is 3.